The molecular weight excluding hydrogens is 284 g/mol. The standard InChI is InChI=1S/C21H34O2/c1-3-4-5-10-15-20(23)16-11-7-12-17-21(2,18-22)19-13-8-6-9-14-19/h6,8-9,13-14,18,20,23H,3-5,7,10-12,15-17H2,1-2H3. The van der Waals surface area contributed by atoms with E-state index in [2.05, 4.69) is 6.92 Å². The lowest BCUT2D eigenvalue weighted by Crippen LogP contribution is -2.23. The average molecular weight is 319 g/mol. The minimum atomic E-state index is -0.375. The second-order valence-corrected chi connectivity index (χ2v) is 7.00. The third-order valence-electron chi connectivity index (χ3n) is 4.82. The van der Waals surface area contributed by atoms with E-state index in [0.29, 0.717) is 0 Å². The van der Waals surface area contributed by atoms with Gasteiger partial charge in [0, 0.05) is 5.41 Å². The van der Waals surface area contributed by atoms with Crippen LogP contribution in [0.3, 0.4) is 0 Å². The van der Waals surface area contributed by atoms with E-state index in [0.717, 1.165) is 56.8 Å². The molecule has 2 atom stereocenters. The monoisotopic (exact) mass is 318 g/mol. The first-order chi connectivity index (χ1) is 11.1. The highest BCUT2D eigenvalue weighted by molar-refractivity contribution is 5.67. The SMILES string of the molecule is CCCCCCC(O)CCCCCC(C)(C=O)c1ccccc1. The molecule has 0 aromatic heterocycles. The lowest BCUT2D eigenvalue weighted by molar-refractivity contribution is -0.112. The topological polar surface area (TPSA) is 37.3 Å². The van der Waals surface area contributed by atoms with Gasteiger partial charge in [0.1, 0.15) is 6.29 Å². The first-order valence-corrected chi connectivity index (χ1v) is 9.32. The minimum absolute atomic E-state index is 0.140. The van der Waals surface area contributed by atoms with Crippen LogP contribution in [-0.4, -0.2) is 17.5 Å². The molecule has 0 saturated heterocycles. The Morgan fingerprint density at radius 2 is 1.61 bits per heavy atom. The molecule has 23 heavy (non-hydrogen) atoms. The summed E-state index contributed by atoms with van der Waals surface area (Å²) in [5.74, 6) is 0. The van der Waals surface area contributed by atoms with Gasteiger partial charge in [-0.3, -0.25) is 0 Å². The van der Waals surface area contributed by atoms with Crippen LogP contribution in [0.2, 0.25) is 0 Å². The van der Waals surface area contributed by atoms with Gasteiger partial charge in [-0.15, -0.1) is 0 Å². The van der Waals surface area contributed by atoms with Crippen molar-refractivity contribution < 1.29 is 9.90 Å². The summed E-state index contributed by atoms with van der Waals surface area (Å²) in [6.07, 6.45) is 11.7. The predicted molar refractivity (Wildman–Crippen MR) is 97.7 cm³/mol. The maximum atomic E-state index is 11.5. The zero-order chi connectivity index (χ0) is 17.0. The summed E-state index contributed by atoms with van der Waals surface area (Å²) in [7, 11) is 0. The molecule has 130 valence electrons. The van der Waals surface area contributed by atoms with Crippen LogP contribution in [0.5, 0.6) is 0 Å². The molecule has 0 aliphatic heterocycles. The van der Waals surface area contributed by atoms with Crippen LogP contribution in [0.4, 0.5) is 0 Å². The van der Waals surface area contributed by atoms with Crippen molar-refractivity contribution in [2.45, 2.75) is 89.6 Å². The van der Waals surface area contributed by atoms with E-state index in [1.807, 2.05) is 37.3 Å². The van der Waals surface area contributed by atoms with Crippen LogP contribution in [-0.2, 0) is 10.2 Å². The molecule has 0 saturated carbocycles. The average Bonchev–Trinajstić information content (AvgIpc) is 2.59. The van der Waals surface area contributed by atoms with Gasteiger partial charge >= 0.3 is 0 Å². The van der Waals surface area contributed by atoms with Crippen LogP contribution < -0.4 is 0 Å². The number of hydrogen-bond donors (Lipinski definition) is 1. The molecule has 2 nitrogen and oxygen atoms in total. The summed E-state index contributed by atoms with van der Waals surface area (Å²) < 4.78 is 0. The molecule has 0 fully saturated rings. The smallest absolute Gasteiger partial charge is 0.130 e. The number of aliphatic hydroxyl groups excluding tert-OH is 1. The van der Waals surface area contributed by atoms with E-state index in [1.54, 1.807) is 0 Å². The van der Waals surface area contributed by atoms with Crippen molar-refractivity contribution in [2.24, 2.45) is 0 Å². The Hall–Kier alpha value is -1.15. The van der Waals surface area contributed by atoms with Crippen LogP contribution in [0, 0.1) is 0 Å². The fourth-order valence-electron chi connectivity index (χ4n) is 3.09. The fourth-order valence-corrected chi connectivity index (χ4v) is 3.09. The molecule has 0 aliphatic carbocycles. The summed E-state index contributed by atoms with van der Waals surface area (Å²) in [4.78, 5) is 11.5. The number of hydrogen-bond acceptors (Lipinski definition) is 2. The molecule has 1 aromatic carbocycles. The van der Waals surface area contributed by atoms with Gasteiger partial charge in [0.05, 0.1) is 6.10 Å². The maximum absolute atomic E-state index is 11.5. The van der Waals surface area contributed by atoms with Crippen molar-refractivity contribution in [3.63, 3.8) is 0 Å². The maximum Gasteiger partial charge on any atom is 0.130 e. The molecule has 1 N–H and O–H groups in total. The highest BCUT2D eigenvalue weighted by atomic mass is 16.3. The normalized spacial score (nSPS) is 15.1. The Kier molecular flexibility index (Phi) is 9.86. The van der Waals surface area contributed by atoms with Gasteiger partial charge in [-0.25, -0.2) is 0 Å². The molecule has 0 spiro atoms. The van der Waals surface area contributed by atoms with Gasteiger partial charge in [-0.05, 0) is 31.7 Å². The minimum Gasteiger partial charge on any atom is -0.393 e. The van der Waals surface area contributed by atoms with Crippen LogP contribution in [0.25, 0.3) is 0 Å². The summed E-state index contributed by atoms with van der Waals surface area (Å²) in [5, 5.41) is 9.98. The fraction of sp³-hybridized carbons (Fsp3) is 0.667. The van der Waals surface area contributed by atoms with Crippen molar-refractivity contribution >= 4 is 6.29 Å². The number of rotatable bonds is 13. The van der Waals surface area contributed by atoms with E-state index in [-0.39, 0.29) is 11.5 Å². The molecule has 0 radical (unpaired) electrons. The van der Waals surface area contributed by atoms with Gasteiger partial charge in [-0.1, -0.05) is 82.2 Å². The largest absolute Gasteiger partial charge is 0.393 e. The number of benzene rings is 1. The molecule has 0 aliphatic rings. The van der Waals surface area contributed by atoms with Crippen LogP contribution in [0.1, 0.15) is 83.6 Å². The first-order valence-electron chi connectivity index (χ1n) is 9.32. The molecule has 2 unspecified atom stereocenters. The number of carbonyl (C=O) groups excluding carboxylic acids is 1. The van der Waals surface area contributed by atoms with E-state index in [4.69, 9.17) is 0 Å². The molecule has 0 heterocycles. The molecule has 2 heteroatoms. The quantitative estimate of drug-likeness (QED) is 0.389. The van der Waals surface area contributed by atoms with Crippen LogP contribution in [0.15, 0.2) is 30.3 Å². The molecule has 1 rings (SSSR count). The number of aldehydes is 1. The lowest BCUT2D eigenvalue weighted by atomic mass is 9.79. The zero-order valence-corrected chi connectivity index (χ0v) is 15.0. The summed E-state index contributed by atoms with van der Waals surface area (Å²) >= 11 is 0. The molecule has 1 aromatic rings. The van der Waals surface area contributed by atoms with E-state index in [9.17, 15) is 9.90 Å². The summed E-state index contributed by atoms with van der Waals surface area (Å²) in [6.45, 7) is 4.23. The number of unbranched alkanes of at least 4 members (excludes halogenated alkanes) is 5. The first kappa shape index (κ1) is 19.9. The van der Waals surface area contributed by atoms with Gasteiger partial charge < -0.3 is 9.90 Å². The molecular formula is C21H34O2. The second kappa shape index (κ2) is 11.4. The Bertz CT molecular complexity index is 415. The van der Waals surface area contributed by atoms with Crippen molar-refractivity contribution in [3.8, 4) is 0 Å². The lowest BCUT2D eigenvalue weighted by Gasteiger charge is -2.23. The summed E-state index contributed by atoms with van der Waals surface area (Å²) in [6, 6.07) is 10.0. The van der Waals surface area contributed by atoms with E-state index >= 15 is 0 Å². The molecule has 0 bridgehead atoms. The molecule has 0 amide bonds. The van der Waals surface area contributed by atoms with Crippen molar-refractivity contribution in [1.82, 2.24) is 0 Å². The Balaban J connectivity index is 2.19. The highest BCUT2D eigenvalue weighted by Gasteiger charge is 2.25. The van der Waals surface area contributed by atoms with Crippen LogP contribution >= 0.6 is 0 Å². The Morgan fingerprint density at radius 1 is 1.00 bits per heavy atom. The van der Waals surface area contributed by atoms with E-state index in [1.165, 1.54) is 19.3 Å². The number of aliphatic hydroxyl groups is 1. The Morgan fingerprint density at radius 3 is 2.17 bits per heavy atom. The summed E-state index contributed by atoms with van der Waals surface area (Å²) in [5.41, 5.74) is 0.728. The second-order valence-electron chi connectivity index (χ2n) is 7.00. The van der Waals surface area contributed by atoms with Gasteiger partial charge in [0.15, 0.2) is 0 Å². The van der Waals surface area contributed by atoms with Gasteiger partial charge in [0.25, 0.3) is 0 Å². The van der Waals surface area contributed by atoms with Crippen molar-refractivity contribution in [3.05, 3.63) is 35.9 Å². The predicted octanol–water partition coefficient (Wildman–Crippen LogP) is 5.43. The third-order valence-corrected chi connectivity index (χ3v) is 4.82. The highest BCUT2D eigenvalue weighted by Crippen LogP contribution is 2.28. The van der Waals surface area contributed by atoms with Gasteiger partial charge in [-0.2, -0.15) is 0 Å². The van der Waals surface area contributed by atoms with Gasteiger partial charge in [0.2, 0.25) is 0 Å². The van der Waals surface area contributed by atoms with Crippen molar-refractivity contribution in [1.29, 1.82) is 0 Å². The zero-order valence-electron chi connectivity index (χ0n) is 15.0. The third kappa shape index (κ3) is 7.78. The number of carbonyl (C=O) groups is 1. The van der Waals surface area contributed by atoms with E-state index < -0.39 is 0 Å². The Labute approximate surface area is 142 Å². The van der Waals surface area contributed by atoms with Crippen molar-refractivity contribution in [2.75, 3.05) is 0 Å².